The number of rotatable bonds is 7. The van der Waals surface area contributed by atoms with Gasteiger partial charge in [-0.3, -0.25) is 20.9 Å². The minimum absolute atomic E-state index is 0.00200. The van der Waals surface area contributed by atoms with Gasteiger partial charge >= 0.3 is 0 Å². The van der Waals surface area contributed by atoms with Gasteiger partial charge in [0.1, 0.15) is 5.69 Å². The Labute approximate surface area is 113 Å². The van der Waals surface area contributed by atoms with E-state index in [9.17, 15) is 10.1 Å². The zero-order chi connectivity index (χ0) is 14.4. The van der Waals surface area contributed by atoms with Crippen molar-refractivity contribution in [1.29, 1.82) is 0 Å². The summed E-state index contributed by atoms with van der Waals surface area (Å²) in [7, 11) is 0. The van der Waals surface area contributed by atoms with Crippen molar-refractivity contribution in [2.75, 3.05) is 12.0 Å². The molecule has 3 N–H and O–H groups in total. The number of nitro benzene ring substituents is 1. The van der Waals surface area contributed by atoms with Crippen LogP contribution < -0.4 is 11.3 Å². The van der Waals surface area contributed by atoms with Gasteiger partial charge in [-0.2, -0.15) is 0 Å². The summed E-state index contributed by atoms with van der Waals surface area (Å²) in [5.74, 6) is 5.34. The highest BCUT2D eigenvalue weighted by Crippen LogP contribution is 2.25. The average molecular weight is 266 g/mol. The average Bonchev–Trinajstić information content (AvgIpc) is 2.43. The summed E-state index contributed by atoms with van der Waals surface area (Å²) in [6.07, 6.45) is 1.07. The number of nitrogen functional groups attached to an aromatic ring is 1. The van der Waals surface area contributed by atoms with Crippen LogP contribution in [0.5, 0.6) is 0 Å². The van der Waals surface area contributed by atoms with Crippen molar-refractivity contribution in [2.24, 2.45) is 5.84 Å². The normalized spacial score (nSPS) is 12.5. The van der Waals surface area contributed by atoms with Crippen molar-refractivity contribution < 1.29 is 4.92 Å². The van der Waals surface area contributed by atoms with Gasteiger partial charge in [0, 0.05) is 18.7 Å². The Morgan fingerprint density at radius 1 is 1.47 bits per heavy atom. The molecule has 0 heterocycles. The van der Waals surface area contributed by atoms with Crippen molar-refractivity contribution in [2.45, 2.75) is 39.8 Å². The molecule has 0 bridgehead atoms. The van der Waals surface area contributed by atoms with Crippen LogP contribution in [-0.2, 0) is 6.54 Å². The topological polar surface area (TPSA) is 84.4 Å². The van der Waals surface area contributed by atoms with Gasteiger partial charge in [-0.1, -0.05) is 19.9 Å². The molecule has 0 saturated carbocycles. The zero-order valence-electron chi connectivity index (χ0n) is 11.7. The molecule has 6 nitrogen and oxygen atoms in total. The standard InChI is InChI=1S/C13H22N4O2/c1-4-10(3)16(5-2)9-11-6-7-13(17(18)19)12(8-11)15-14/h6-8,10,15H,4-5,9,14H2,1-3H3. The molecule has 106 valence electrons. The fourth-order valence-corrected chi connectivity index (χ4v) is 2.03. The maximum absolute atomic E-state index is 10.8. The number of nitrogens with zero attached hydrogens (tertiary/aromatic N) is 2. The maximum atomic E-state index is 10.8. The lowest BCUT2D eigenvalue weighted by atomic mass is 10.1. The first-order valence-electron chi connectivity index (χ1n) is 6.51. The van der Waals surface area contributed by atoms with Crippen LogP contribution in [0.15, 0.2) is 18.2 Å². The number of nitrogens with one attached hydrogen (secondary N) is 1. The van der Waals surface area contributed by atoms with E-state index in [4.69, 9.17) is 5.84 Å². The SMILES string of the molecule is CCC(C)N(CC)Cc1ccc([N+](=O)[O-])c(NN)c1. The lowest BCUT2D eigenvalue weighted by Gasteiger charge is -2.27. The second-order valence-electron chi connectivity index (χ2n) is 4.57. The van der Waals surface area contributed by atoms with Gasteiger partial charge in [-0.05, 0) is 31.5 Å². The van der Waals surface area contributed by atoms with Crippen LogP contribution >= 0.6 is 0 Å². The Morgan fingerprint density at radius 2 is 2.16 bits per heavy atom. The molecule has 1 rings (SSSR count). The Kier molecular flexibility index (Phi) is 5.72. The highest BCUT2D eigenvalue weighted by molar-refractivity contribution is 5.62. The van der Waals surface area contributed by atoms with Crippen LogP contribution in [-0.4, -0.2) is 22.4 Å². The summed E-state index contributed by atoms with van der Waals surface area (Å²) in [5, 5.41) is 10.8. The van der Waals surface area contributed by atoms with E-state index in [0.29, 0.717) is 11.7 Å². The number of benzene rings is 1. The molecule has 0 aromatic heterocycles. The number of anilines is 1. The number of nitrogens with two attached hydrogens (primary N) is 1. The second-order valence-corrected chi connectivity index (χ2v) is 4.57. The summed E-state index contributed by atoms with van der Waals surface area (Å²) in [6, 6.07) is 5.50. The van der Waals surface area contributed by atoms with Crippen LogP contribution in [0.2, 0.25) is 0 Å². The molecular formula is C13H22N4O2. The maximum Gasteiger partial charge on any atom is 0.293 e. The van der Waals surface area contributed by atoms with Gasteiger partial charge in [0.2, 0.25) is 0 Å². The molecule has 1 aromatic rings. The summed E-state index contributed by atoms with van der Waals surface area (Å²) in [4.78, 5) is 12.7. The largest absolute Gasteiger partial charge is 0.318 e. The number of hydrazine groups is 1. The summed E-state index contributed by atoms with van der Waals surface area (Å²) in [6.45, 7) is 8.14. The molecule has 0 aliphatic rings. The van der Waals surface area contributed by atoms with Crippen molar-refractivity contribution >= 4 is 11.4 Å². The molecule has 0 aliphatic heterocycles. The Bertz CT molecular complexity index is 437. The minimum Gasteiger partial charge on any atom is -0.318 e. The minimum atomic E-state index is -0.439. The summed E-state index contributed by atoms with van der Waals surface area (Å²) < 4.78 is 0. The van der Waals surface area contributed by atoms with Crippen LogP contribution in [0, 0.1) is 10.1 Å². The van der Waals surface area contributed by atoms with E-state index < -0.39 is 4.92 Å². The fraction of sp³-hybridized carbons (Fsp3) is 0.538. The van der Waals surface area contributed by atoms with Crippen molar-refractivity contribution in [3.8, 4) is 0 Å². The predicted octanol–water partition coefficient (Wildman–Crippen LogP) is 2.50. The highest BCUT2D eigenvalue weighted by atomic mass is 16.6. The van der Waals surface area contributed by atoms with E-state index in [1.54, 1.807) is 12.1 Å². The molecule has 0 radical (unpaired) electrons. The summed E-state index contributed by atoms with van der Waals surface area (Å²) in [5.41, 5.74) is 3.75. The van der Waals surface area contributed by atoms with Gasteiger partial charge in [-0.15, -0.1) is 0 Å². The van der Waals surface area contributed by atoms with Crippen LogP contribution in [0.3, 0.4) is 0 Å². The van der Waals surface area contributed by atoms with E-state index in [2.05, 4.69) is 31.1 Å². The lowest BCUT2D eigenvalue weighted by molar-refractivity contribution is -0.384. The Balaban J connectivity index is 2.93. The van der Waals surface area contributed by atoms with Crippen LogP contribution in [0.1, 0.15) is 32.8 Å². The number of hydrogen-bond acceptors (Lipinski definition) is 5. The van der Waals surface area contributed by atoms with E-state index in [1.165, 1.54) is 6.07 Å². The Hall–Kier alpha value is -1.66. The Morgan fingerprint density at radius 3 is 2.63 bits per heavy atom. The molecule has 1 atom stereocenters. The van der Waals surface area contributed by atoms with E-state index in [-0.39, 0.29) is 5.69 Å². The van der Waals surface area contributed by atoms with Gasteiger partial charge in [-0.25, -0.2) is 0 Å². The molecule has 0 aliphatic carbocycles. The summed E-state index contributed by atoms with van der Waals surface area (Å²) >= 11 is 0. The molecule has 1 unspecified atom stereocenters. The van der Waals surface area contributed by atoms with Gasteiger partial charge in [0.05, 0.1) is 4.92 Å². The van der Waals surface area contributed by atoms with E-state index >= 15 is 0 Å². The molecule has 0 amide bonds. The third-order valence-electron chi connectivity index (χ3n) is 3.42. The molecule has 0 saturated heterocycles. The van der Waals surface area contributed by atoms with Gasteiger partial charge < -0.3 is 5.43 Å². The third-order valence-corrected chi connectivity index (χ3v) is 3.42. The highest BCUT2D eigenvalue weighted by Gasteiger charge is 2.15. The fourth-order valence-electron chi connectivity index (χ4n) is 2.03. The van der Waals surface area contributed by atoms with Crippen LogP contribution in [0.4, 0.5) is 11.4 Å². The molecular weight excluding hydrogens is 244 g/mol. The molecule has 0 fully saturated rings. The van der Waals surface area contributed by atoms with Crippen molar-refractivity contribution in [3.63, 3.8) is 0 Å². The lowest BCUT2D eigenvalue weighted by Crippen LogP contribution is -2.31. The van der Waals surface area contributed by atoms with E-state index in [1.807, 2.05) is 0 Å². The molecule has 19 heavy (non-hydrogen) atoms. The number of nitro groups is 1. The molecule has 6 heteroatoms. The zero-order valence-corrected chi connectivity index (χ0v) is 11.7. The van der Waals surface area contributed by atoms with Crippen LogP contribution in [0.25, 0.3) is 0 Å². The third kappa shape index (κ3) is 3.90. The monoisotopic (exact) mass is 266 g/mol. The first-order chi connectivity index (χ1) is 9.03. The van der Waals surface area contributed by atoms with Gasteiger partial charge in [0.15, 0.2) is 0 Å². The first-order valence-corrected chi connectivity index (χ1v) is 6.51. The number of hydrogen-bond donors (Lipinski definition) is 2. The van der Waals surface area contributed by atoms with Gasteiger partial charge in [0.25, 0.3) is 5.69 Å². The van der Waals surface area contributed by atoms with Crippen molar-refractivity contribution in [1.82, 2.24) is 4.90 Å². The smallest absolute Gasteiger partial charge is 0.293 e. The van der Waals surface area contributed by atoms with Crippen molar-refractivity contribution in [3.05, 3.63) is 33.9 Å². The first kappa shape index (κ1) is 15.4. The predicted molar refractivity (Wildman–Crippen MR) is 76.7 cm³/mol. The molecule has 1 aromatic carbocycles. The van der Waals surface area contributed by atoms with E-state index in [0.717, 1.165) is 25.1 Å². The molecule has 0 spiro atoms. The quantitative estimate of drug-likeness (QED) is 0.450. The second kappa shape index (κ2) is 7.06.